The molecule has 6 aromatic rings. The Morgan fingerprint density at radius 2 is 1.47 bits per heavy atom. The van der Waals surface area contributed by atoms with E-state index in [9.17, 15) is 5.11 Å². The molecule has 0 fully saturated rings. The van der Waals surface area contributed by atoms with Gasteiger partial charge in [0.25, 0.3) is 0 Å². The number of aromatic nitrogens is 2. The van der Waals surface area contributed by atoms with Crippen molar-refractivity contribution in [1.82, 2.24) is 9.97 Å². The number of fused-ring (bicyclic) bond motifs is 1. The zero-order chi connectivity index (χ0) is 23.6. The molecule has 36 heavy (non-hydrogen) atoms. The van der Waals surface area contributed by atoms with E-state index in [1.165, 1.54) is 11.1 Å². The van der Waals surface area contributed by atoms with Gasteiger partial charge in [0.15, 0.2) is 0 Å². The summed E-state index contributed by atoms with van der Waals surface area (Å²) in [5, 5.41) is 11.1. The van der Waals surface area contributed by atoms with E-state index in [4.69, 9.17) is 4.98 Å². The zero-order valence-electron chi connectivity index (χ0n) is 19.2. The van der Waals surface area contributed by atoms with Crippen LogP contribution >= 0.6 is 11.3 Å². The van der Waals surface area contributed by atoms with E-state index >= 15 is 0 Å². The number of phenolic OH excluding ortho intramolecular Hbond substituents is 1. The number of hydrogen-bond donors (Lipinski definition) is 1. The number of phenols is 1. The first-order valence-corrected chi connectivity index (χ1v) is 12.3. The van der Waals surface area contributed by atoms with Gasteiger partial charge in [-0.3, -0.25) is 4.98 Å². The molecule has 0 radical (unpaired) electrons. The van der Waals surface area contributed by atoms with Crippen LogP contribution in [0.15, 0.2) is 109 Å². The molecular weight excluding hydrogens is 643 g/mol. The summed E-state index contributed by atoms with van der Waals surface area (Å²) in [5.74, 6) is 0.239. The third kappa shape index (κ3) is 4.88. The Bertz CT molecular complexity index is 1650. The van der Waals surface area contributed by atoms with Crippen molar-refractivity contribution >= 4 is 21.6 Å². The summed E-state index contributed by atoms with van der Waals surface area (Å²) < 4.78 is 1.07. The molecule has 5 heteroatoms. The van der Waals surface area contributed by atoms with Crippen LogP contribution in [0.25, 0.3) is 43.2 Å². The van der Waals surface area contributed by atoms with Gasteiger partial charge < -0.3 is 5.11 Å². The molecule has 0 aliphatic rings. The van der Waals surface area contributed by atoms with Crippen LogP contribution in [0.5, 0.6) is 5.75 Å². The average Bonchev–Trinajstić information content (AvgIpc) is 3.34. The van der Waals surface area contributed by atoms with Gasteiger partial charge in [0.05, 0.1) is 11.1 Å². The number of para-hydroxylation sites is 2. The summed E-state index contributed by atoms with van der Waals surface area (Å²) in [6.45, 7) is 0. The van der Waals surface area contributed by atoms with Crippen LogP contribution in [0, 0.1) is 6.07 Å². The summed E-state index contributed by atoms with van der Waals surface area (Å²) in [6, 6.07) is 37.9. The summed E-state index contributed by atoms with van der Waals surface area (Å²) in [7, 11) is 0. The van der Waals surface area contributed by atoms with Crippen LogP contribution < -0.4 is 0 Å². The smallest absolute Gasteiger partial charge is 0.127 e. The Morgan fingerprint density at radius 3 is 2.33 bits per heavy atom. The van der Waals surface area contributed by atoms with E-state index in [0.717, 1.165) is 49.6 Å². The number of nitrogens with zero attached hydrogens (tertiary/aromatic N) is 2. The molecule has 1 N–H and O–H groups in total. The predicted octanol–water partition coefficient (Wildman–Crippen LogP) is 7.79. The van der Waals surface area contributed by atoms with E-state index in [1.54, 1.807) is 17.4 Å². The van der Waals surface area contributed by atoms with Crippen molar-refractivity contribution in [3.05, 3.63) is 127 Å². The van der Waals surface area contributed by atoms with Crippen molar-refractivity contribution < 1.29 is 26.2 Å². The molecule has 3 nitrogen and oxygen atoms in total. The molecule has 4 aromatic carbocycles. The van der Waals surface area contributed by atoms with Crippen molar-refractivity contribution in [2.75, 3.05) is 0 Å². The topological polar surface area (TPSA) is 46.0 Å². The molecular formula is C31H21N2OPtS-. The van der Waals surface area contributed by atoms with Gasteiger partial charge in [-0.05, 0) is 41.8 Å². The molecule has 0 saturated carbocycles. The number of benzene rings is 4. The molecule has 0 aliphatic carbocycles. The maximum Gasteiger partial charge on any atom is 0.127 e. The number of pyridine rings is 1. The minimum absolute atomic E-state index is 0. The van der Waals surface area contributed by atoms with Crippen LogP contribution in [-0.4, -0.2) is 15.1 Å². The Labute approximate surface area is 228 Å². The van der Waals surface area contributed by atoms with Gasteiger partial charge in [0.1, 0.15) is 10.8 Å². The monoisotopic (exact) mass is 664 g/mol. The average molecular weight is 665 g/mol. The Hall–Kier alpha value is -3.59. The van der Waals surface area contributed by atoms with Gasteiger partial charge in [-0.15, -0.1) is 41.2 Å². The SMILES string of the molecule is Oc1ccccc1-c1nc2c(-c3[c-]c(-c4cc(Cc5ccccc5)ccn4)ccc3)cccc2s1.[Pt]. The zero-order valence-corrected chi connectivity index (χ0v) is 22.3. The largest absolute Gasteiger partial charge is 0.507 e. The summed E-state index contributed by atoms with van der Waals surface area (Å²) in [4.78, 5) is 9.54. The van der Waals surface area contributed by atoms with Gasteiger partial charge >= 0.3 is 0 Å². The predicted molar refractivity (Wildman–Crippen MR) is 143 cm³/mol. The summed E-state index contributed by atoms with van der Waals surface area (Å²) in [5.41, 5.74) is 7.99. The Morgan fingerprint density at radius 1 is 0.722 bits per heavy atom. The Balaban J connectivity index is 0.00000267. The fourth-order valence-electron chi connectivity index (χ4n) is 4.27. The number of aromatic hydroxyl groups is 1. The molecule has 178 valence electrons. The normalized spacial score (nSPS) is 10.8. The van der Waals surface area contributed by atoms with Gasteiger partial charge in [0.2, 0.25) is 0 Å². The number of rotatable bonds is 5. The van der Waals surface area contributed by atoms with Crippen molar-refractivity contribution in [3.8, 4) is 38.7 Å². The molecule has 2 heterocycles. The van der Waals surface area contributed by atoms with Crippen LogP contribution in [0.3, 0.4) is 0 Å². The second-order valence-electron chi connectivity index (χ2n) is 8.38. The third-order valence-corrected chi connectivity index (χ3v) is 7.04. The fourth-order valence-corrected chi connectivity index (χ4v) is 5.30. The van der Waals surface area contributed by atoms with Gasteiger partial charge in [-0.1, -0.05) is 71.8 Å². The molecule has 0 spiro atoms. The first-order valence-electron chi connectivity index (χ1n) is 11.4. The maximum atomic E-state index is 10.3. The maximum absolute atomic E-state index is 10.3. The molecule has 0 atom stereocenters. The number of thiazole rings is 1. The quantitative estimate of drug-likeness (QED) is 0.192. The van der Waals surface area contributed by atoms with Gasteiger partial charge in [0, 0.05) is 37.7 Å². The molecule has 0 amide bonds. The summed E-state index contributed by atoms with van der Waals surface area (Å²) in [6.07, 6.45) is 2.73. The van der Waals surface area contributed by atoms with Crippen molar-refractivity contribution in [1.29, 1.82) is 0 Å². The van der Waals surface area contributed by atoms with E-state index in [0.29, 0.717) is 0 Å². The summed E-state index contributed by atoms with van der Waals surface area (Å²) >= 11 is 1.58. The van der Waals surface area contributed by atoms with E-state index in [1.807, 2.05) is 48.7 Å². The van der Waals surface area contributed by atoms with E-state index < -0.39 is 0 Å². The molecule has 0 aliphatic heterocycles. The van der Waals surface area contributed by atoms with Crippen molar-refractivity contribution in [2.24, 2.45) is 0 Å². The number of hydrogen-bond acceptors (Lipinski definition) is 4. The minimum atomic E-state index is 0. The second-order valence-corrected chi connectivity index (χ2v) is 9.41. The van der Waals surface area contributed by atoms with Crippen molar-refractivity contribution in [2.45, 2.75) is 6.42 Å². The first kappa shape index (κ1) is 24.1. The molecule has 2 aromatic heterocycles. The molecule has 6 rings (SSSR count). The van der Waals surface area contributed by atoms with Gasteiger partial charge in [-0.25, -0.2) is 4.98 Å². The van der Waals surface area contributed by atoms with Gasteiger partial charge in [-0.2, -0.15) is 0 Å². The van der Waals surface area contributed by atoms with Crippen LogP contribution in [0.2, 0.25) is 0 Å². The van der Waals surface area contributed by atoms with E-state index in [-0.39, 0.29) is 26.8 Å². The molecule has 0 saturated heterocycles. The fraction of sp³-hybridized carbons (Fsp3) is 0.0323. The standard InChI is InChI=1S/C31H21N2OS.Pt/c34-28-14-5-4-12-26(28)31-33-30-25(13-7-15-29(30)35-31)23-10-6-11-24(20-23)27-19-22(16-17-32-27)18-21-8-2-1-3-9-21;/h1-17,19,34H,18H2;/q-1;. The molecule has 0 unspecified atom stereocenters. The molecule has 0 bridgehead atoms. The Kier molecular flexibility index (Phi) is 7.08. The minimum Gasteiger partial charge on any atom is -0.507 e. The second kappa shape index (κ2) is 10.6. The van der Waals surface area contributed by atoms with E-state index in [2.05, 4.69) is 65.6 Å². The van der Waals surface area contributed by atoms with Crippen LogP contribution in [-0.2, 0) is 27.5 Å². The third-order valence-electron chi connectivity index (χ3n) is 5.99. The first-order chi connectivity index (χ1) is 17.2. The van der Waals surface area contributed by atoms with Crippen LogP contribution in [0.1, 0.15) is 11.1 Å². The van der Waals surface area contributed by atoms with Crippen LogP contribution in [0.4, 0.5) is 0 Å². The van der Waals surface area contributed by atoms with Crippen molar-refractivity contribution in [3.63, 3.8) is 0 Å².